The summed E-state index contributed by atoms with van der Waals surface area (Å²) in [4.78, 5) is 16.7. The average molecular weight is 320 g/mol. The molecule has 6 nitrogen and oxygen atoms in total. The Morgan fingerprint density at radius 3 is 2.67 bits per heavy atom. The van der Waals surface area contributed by atoms with Crippen molar-refractivity contribution in [1.82, 2.24) is 9.55 Å². The number of rotatable bonds is 4. The summed E-state index contributed by atoms with van der Waals surface area (Å²) in [5, 5.41) is 21.5. The van der Waals surface area contributed by atoms with Crippen LogP contribution >= 0.6 is 0 Å². The van der Waals surface area contributed by atoms with Gasteiger partial charge in [0.15, 0.2) is 0 Å². The maximum absolute atomic E-state index is 12.3. The zero-order valence-electron chi connectivity index (χ0n) is 13.1. The minimum atomic E-state index is -0.778. The highest BCUT2D eigenvalue weighted by Gasteiger charge is 2.16. The Labute approximate surface area is 139 Å². The largest absolute Gasteiger partial charge is 0.385 e. The number of aliphatic hydroxyl groups is 1. The predicted octanol–water partition coefficient (Wildman–Crippen LogP) is 2.60. The van der Waals surface area contributed by atoms with Crippen molar-refractivity contribution in [2.75, 3.05) is 5.32 Å². The van der Waals surface area contributed by atoms with Gasteiger partial charge in [0.25, 0.3) is 0 Å². The van der Waals surface area contributed by atoms with E-state index in [4.69, 9.17) is 5.26 Å². The molecule has 1 atom stereocenters. The van der Waals surface area contributed by atoms with Crippen LogP contribution in [-0.2, 0) is 11.3 Å². The number of imidazole rings is 1. The van der Waals surface area contributed by atoms with E-state index in [2.05, 4.69) is 10.3 Å². The molecule has 0 aliphatic carbocycles. The van der Waals surface area contributed by atoms with Crippen LogP contribution in [0.4, 0.5) is 5.69 Å². The Balaban J connectivity index is 1.84. The molecule has 0 fully saturated rings. The summed E-state index contributed by atoms with van der Waals surface area (Å²) >= 11 is 0. The van der Waals surface area contributed by atoms with Crippen LogP contribution in [-0.4, -0.2) is 20.6 Å². The Morgan fingerprint density at radius 2 is 2.00 bits per heavy atom. The standard InChI is InChI=1S/C18H16N4O2/c1-12(23)18-21-15-4-2-3-5-16(15)22(18)11-17(24)20-14-8-6-13(10-19)7-9-14/h2-9,12,23H,11H2,1H3,(H,20,24). The second kappa shape index (κ2) is 6.52. The van der Waals surface area contributed by atoms with E-state index in [1.807, 2.05) is 30.3 Å². The first-order chi connectivity index (χ1) is 11.6. The first-order valence-corrected chi connectivity index (χ1v) is 7.51. The maximum Gasteiger partial charge on any atom is 0.244 e. The normalized spacial score (nSPS) is 11.9. The minimum Gasteiger partial charge on any atom is -0.385 e. The minimum absolute atomic E-state index is 0.0424. The molecule has 2 aromatic carbocycles. The molecule has 2 N–H and O–H groups in total. The van der Waals surface area contributed by atoms with Crippen LogP contribution in [0.2, 0.25) is 0 Å². The first kappa shape index (κ1) is 15.7. The number of para-hydroxylation sites is 2. The van der Waals surface area contributed by atoms with E-state index in [0.29, 0.717) is 17.1 Å². The lowest BCUT2D eigenvalue weighted by Gasteiger charge is -2.11. The van der Waals surface area contributed by atoms with Gasteiger partial charge in [0, 0.05) is 5.69 Å². The number of nitrogens with one attached hydrogen (secondary N) is 1. The number of benzene rings is 2. The number of carbonyl (C=O) groups is 1. The average Bonchev–Trinajstić information content (AvgIpc) is 2.94. The molecule has 3 aromatic rings. The maximum atomic E-state index is 12.3. The van der Waals surface area contributed by atoms with Crippen LogP contribution in [0.15, 0.2) is 48.5 Å². The van der Waals surface area contributed by atoms with Crippen molar-refractivity contribution in [2.45, 2.75) is 19.6 Å². The van der Waals surface area contributed by atoms with Crippen LogP contribution in [0, 0.1) is 11.3 Å². The second-order valence-electron chi connectivity index (χ2n) is 5.46. The molecule has 1 unspecified atom stereocenters. The summed E-state index contributed by atoms with van der Waals surface area (Å²) in [5.74, 6) is 0.218. The van der Waals surface area contributed by atoms with E-state index >= 15 is 0 Å². The lowest BCUT2D eigenvalue weighted by Crippen LogP contribution is -2.20. The number of nitrogens with zero attached hydrogens (tertiary/aromatic N) is 3. The third-order valence-corrected chi connectivity index (χ3v) is 3.66. The fourth-order valence-corrected chi connectivity index (χ4v) is 2.55. The number of nitriles is 1. The number of fused-ring (bicyclic) bond motifs is 1. The Morgan fingerprint density at radius 1 is 1.29 bits per heavy atom. The van der Waals surface area contributed by atoms with Crippen LogP contribution in [0.25, 0.3) is 11.0 Å². The van der Waals surface area contributed by atoms with Crippen molar-refractivity contribution in [3.05, 3.63) is 59.9 Å². The number of carbonyl (C=O) groups excluding carboxylic acids is 1. The van der Waals surface area contributed by atoms with Gasteiger partial charge in [0.05, 0.1) is 22.7 Å². The van der Waals surface area contributed by atoms with Gasteiger partial charge in [-0.15, -0.1) is 0 Å². The van der Waals surface area contributed by atoms with Gasteiger partial charge in [-0.05, 0) is 43.3 Å². The number of hydrogen-bond donors (Lipinski definition) is 2. The van der Waals surface area contributed by atoms with Crippen LogP contribution < -0.4 is 5.32 Å². The van der Waals surface area contributed by atoms with Crippen molar-refractivity contribution in [3.8, 4) is 6.07 Å². The quantitative estimate of drug-likeness (QED) is 0.773. The third-order valence-electron chi connectivity index (χ3n) is 3.66. The van der Waals surface area contributed by atoms with Crippen LogP contribution in [0.5, 0.6) is 0 Å². The van der Waals surface area contributed by atoms with E-state index in [-0.39, 0.29) is 12.5 Å². The second-order valence-corrected chi connectivity index (χ2v) is 5.46. The fraction of sp³-hybridized carbons (Fsp3) is 0.167. The smallest absolute Gasteiger partial charge is 0.244 e. The molecular weight excluding hydrogens is 304 g/mol. The molecule has 0 bridgehead atoms. The molecule has 0 aliphatic rings. The van der Waals surface area contributed by atoms with E-state index in [1.54, 1.807) is 35.8 Å². The van der Waals surface area contributed by atoms with Crippen LogP contribution in [0.3, 0.4) is 0 Å². The molecule has 3 rings (SSSR count). The Hall–Kier alpha value is -3.17. The van der Waals surface area contributed by atoms with Crippen molar-refractivity contribution in [3.63, 3.8) is 0 Å². The lowest BCUT2D eigenvalue weighted by atomic mass is 10.2. The molecule has 0 spiro atoms. The molecule has 0 saturated heterocycles. The van der Waals surface area contributed by atoms with E-state index in [0.717, 1.165) is 11.0 Å². The summed E-state index contributed by atoms with van der Waals surface area (Å²) in [6.45, 7) is 1.66. The van der Waals surface area contributed by atoms with Crippen molar-refractivity contribution in [2.24, 2.45) is 0 Å². The monoisotopic (exact) mass is 320 g/mol. The predicted molar refractivity (Wildman–Crippen MR) is 90.2 cm³/mol. The molecule has 0 aliphatic heterocycles. The third kappa shape index (κ3) is 3.12. The van der Waals surface area contributed by atoms with Gasteiger partial charge >= 0.3 is 0 Å². The van der Waals surface area contributed by atoms with Gasteiger partial charge in [-0.25, -0.2) is 4.98 Å². The molecule has 1 aromatic heterocycles. The van der Waals surface area contributed by atoms with E-state index in [1.165, 1.54) is 0 Å². The summed E-state index contributed by atoms with van der Waals surface area (Å²) in [6.07, 6.45) is -0.778. The molecule has 1 amide bonds. The molecule has 0 radical (unpaired) electrons. The highest BCUT2D eigenvalue weighted by Crippen LogP contribution is 2.20. The Bertz CT molecular complexity index is 920. The molecule has 120 valence electrons. The zero-order chi connectivity index (χ0) is 17.1. The van der Waals surface area contributed by atoms with Crippen molar-refractivity contribution in [1.29, 1.82) is 5.26 Å². The molecule has 1 heterocycles. The summed E-state index contributed by atoms with van der Waals surface area (Å²) in [5.41, 5.74) is 2.68. The van der Waals surface area contributed by atoms with Gasteiger partial charge in [0.1, 0.15) is 18.5 Å². The topological polar surface area (TPSA) is 90.9 Å². The molecule has 24 heavy (non-hydrogen) atoms. The van der Waals surface area contributed by atoms with Gasteiger partial charge in [-0.2, -0.15) is 5.26 Å². The number of anilines is 1. The van der Waals surface area contributed by atoms with Crippen molar-refractivity contribution >= 4 is 22.6 Å². The molecule has 6 heteroatoms. The summed E-state index contributed by atoms with van der Waals surface area (Å²) in [6, 6.07) is 16.1. The van der Waals surface area contributed by atoms with E-state index in [9.17, 15) is 9.90 Å². The highest BCUT2D eigenvalue weighted by atomic mass is 16.3. The van der Waals surface area contributed by atoms with E-state index < -0.39 is 6.10 Å². The fourth-order valence-electron chi connectivity index (χ4n) is 2.55. The van der Waals surface area contributed by atoms with Gasteiger partial charge in [0.2, 0.25) is 5.91 Å². The lowest BCUT2D eigenvalue weighted by molar-refractivity contribution is -0.116. The van der Waals surface area contributed by atoms with Crippen molar-refractivity contribution < 1.29 is 9.90 Å². The number of aromatic nitrogens is 2. The number of hydrogen-bond acceptors (Lipinski definition) is 4. The highest BCUT2D eigenvalue weighted by molar-refractivity contribution is 5.91. The number of aliphatic hydroxyl groups excluding tert-OH is 1. The Kier molecular flexibility index (Phi) is 4.27. The van der Waals surface area contributed by atoms with Gasteiger partial charge < -0.3 is 15.0 Å². The first-order valence-electron chi connectivity index (χ1n) is 7.51. The van der Waals surface area contributed by atoms with Gasteiger partial charge in [-0.3, -0.25) is 4.79 Å². The zero-order valence-corrected chi connectivity index (χ0v) is 13.1. The SMILES string of the molecule is CC(O)c1nc2ccccc2n1CC(=O)Nc1ccc(C#N)cc1. The molecule has 0 saturated carbocycles. The summed E-state index contributed by atoms with van der Waals surface area (Å²) in [7, 11) is 0. The summed E-state index contributed by atoms with van der Waals surface area (Å²) < 4.78 is 1.71. The molecular formula is C18H16N4O2. The number of amides is 1. The van der Waals surface area contributed by atoms with Crippen LogP contribution in [0.1, 0.15) is 24.4 Å². The van der Waals surface area contributed by atoms with Gasteiger partial charge in [-0.1, -0.05) is 12.1 Å².